The van der Waals surface area contributed by atoms with Gasteiger partial charge in [-0.05, 0) is 23.8 Å². The number of ether oxygens (including phenoxy) is 1. The van der Waals surface area contributed by atoms with Crippen LogP contribution in [-0.2, 0) is 22.5 Å². The summed E-state index contributed by atoms with van der Waals surface area (Å²) in [6.07, 6.45) is 0.658. The molecule has 1 heterocycles. The molecular weight excluding hydrogens is 431 g/mol. The number of nitrogens with zero attached hydrogens (tertiary/aromatic N) is 3. The quantitative estimate of drug-likeness (QED) is 0.484. The Kier molecular flexibility index (Phi) is 7.94. The number of anilines is 1. The molecule has 0 fully saturated rings. The Hall–Kier alpha value is -2.06. The maximum absolute atomic E-state index is 12.3. The minimum absolute atomic E-state index is 0.181. The maximum Gasteiger partial charge on any atom is 0.234 e. The summed E-state index contributed by atoms with van der Waals surface area (Å²) in [4.78, 5) is 12.3. The third kappa shape index (κ3) is 6.47. The molecule has 0 aliphatic carbocycles. The van der Waals surface area contributed by atoms with E-state index in [9.17, 15) is 4.79 Å². The van der Waals surface area contributed by atoms with Gasteiger partial charge in [0.25, 0.3) is 0 Å². The molecule has 0 atom stereocenters. The number of amides is 1. The zero-order valence-corrected chi connectivity index (χ0v) is 18.1. The van der Waals surface area contributed by atoms with Crippen molar-refractivity contribution in [2.75, 3.05) is 24.8 Å². The Bertz CT molecular complexity index is 946. The Balaban J connectivity index is 1.66. The highest BCUT2D eigenvalue weighted by molar-refractivity contribution is 7.99. The van der Waals surface area contributed by atoms with Gasteiger partial charge in [-0.15, -0.1) is 10.2 Å². The van der Waals surface area contributed by atoms with Gasteiger partial charge in [-0.25, -0.2) is 0 Å². The van der Waals surface area contributed by atoms with E-state index in [0.29, 0.717) is 40.5 Å². The summed E-state index contributed by atoms with van der Waals surface area (Å²) in [5, 5.41) is 13.0. The highest BCUT2D eigenvalue weighted by Crippen LogP contribution is 2.23. The third-order valence-electron chi connectivity index (χ3n) is 4.00. The molecule has 0 bridgehead atoms. The molecule has 1 aromatic heterocycles. The number of aromatic nitrogens is 3. The van der Waals surface area contributed by atoms with Crippen molar-refractivity contribution in [1.82, 2.24) is 14.8 Å². The molecule has 0 unspecified atom stereocenters. The molecule has 0 aliphatic rings. The van der Waals surface area contributed by atoms with Crippen LogP contribution in [0.2, 0.25) is 10.0 Å². The fourth-order valence-corrected chi connectivity index (χ4v) is 4.00. The monoisotopic (exact) mass is 450 g/mol. The molecule has 2 aromatic carbocycles. The number of thioether (sulfide) groups is 1. The Morgan fingerprint density at radius 2 is 1.86 bits per heavy atom. The first kappa shape index (κ1) is 21.6. The Labute approximate surface area is 183 Å². The average molecular weight is 451 g/mol. The second-order valence-corrected chi connectivity index (χ2v) is 8.02. The van der Waals surface area contributed by atoms with Crippen molar-refractivity contribution in [2.45, 2.75) is 18.1 Å². The van der Waals surface area contributed by atoms with Crippen molar-refractivity contribution < 1.29 is 9.53 Å². The van der Waals surface area contributed by atoms with E-state index in [1.54, 1.807) is 25.3 Å². The summed E-state index contributed by atoms with van der Waals surface area (Å²) in [6, 6.07) is 15.0. The lowest BCUT2D eigenvalue weighted by atomic mass is 10.1. The van der Waals surface area contributed by atoms with Crippen molar-refractivity contribution in [1.29, 1.82) is 0 Å². The minimum atomic E-state index is -0.181. The van der Waals surface area contributed by atoms with Gasteiger partial charge in [-0.1, -0.05) is 65.3 Å². The van der Waals surface area contributed by atoms with Gasteiger partial charge in [0.15, 0.2) is 5.16 Å². The maximum atomic E-state index is 12.3. The standard InChI is InChI=1S/C20H20Cl2N4O2S/c1-28-8-7-26-18(9-14-5-3-2-4-6-14)24-25-20(26)29-13-19(27)23-17-11-15(21)10-16(22)12-17/h2-6,10-12H,7-9,13H2,1H3,(H,23,27). The molecular formula is C20H20Cl2N4O2S. The second-order valence-electron chi connectivity index (χ2n) is 6.20. The molecule has 29 heavy (non-hydrogen) atoms. The van der Waals surface area contributed by atoms with Crippen molar-refractivity contribution in [3.05, 3.63) is 70.0 Å². The number of methoxy groups -OCH3 is 1. The number of nitrogens with one attached hydrogen (secondary N) is 1. The van der Waals surface area contributed by atoms with Crippen LogP contribution < -0.4 is 5.32 Å². The van der Waals surface area contributed by atoms with E-state index in [1.165, 1.54) is 11.8 Å². The summed E-state index contributed by atoms with van der Waals surface area (Å²) in [5.74, 6) is 0.831. The normalized spacial score (nSPS) is 10.9. The van der Waals surface area contributed by atoms with E-state index < -0.39 is 0 Å². The lowest BCUT2D eigenvalue weighted by molar-refractivity contribution is -0.113. The van der Waals surface area contributed by atoms with E-state index in [1.807, 2.05) is 34.9 Å². The van der Waals surface area contributed by atoms with Crippen molar-refractivity contribution in [3.8, 4) is 0 Å². The van der Waals surface area contributed by atoms with Gasteiger partial charge in [-0.2, -0.15) is 0 Å². The Morgan fingerprint density at radius 3 is 2.55 bits per heavy atom. The fraction of sp³-hybridized carbons (Fsp3) is 0.250. The van der Waals surface area contributed by atoms with Crippen molar-refractivity contribution in [2.24, 2.45) is 0 Å². The van der Waals surface area contributed by atoms with Gasteiger partial charge in [0, 0.05) is 35.8 Å². The molecule has 0 radical (unpaired) electrons. The molecule has 9 heteroatoms. The first-order chi connectivity index (χ1) is 14.0. The van der Waals surface area contributed by atoms with Gasteiger partial charge in [0.1, 0.15) is 5.82 Å². The number of carbonyl (C=O) groups excluding carboxylic acids is 1. The molecule has 152 valence electrons. The zero-order valence-electron chi connectivity index (χ0n) is 15.8. The van der Waals surface area contributed by atoms with E-state index in [4.69, 9.17) is 27.9 Å². The summed E-state index contributed by atoms with van der Waals surface area (Å²) >= 11 is 13.3. The van der Waals surface area contributed by atoms with Crippen LogP contribution in [0.1, 0.15) is 11.4 Å². The average Bonchev–Trinajstić information content (AvgIpc) is 3.06. The molecule has 3 rings (SSSR count). The molecule has 0 aliphatic heterocycles. The highest BCUT2D eigenvalue weighted by Gasteiger charge is 2.15. The van der Waals surface area contributed by atoms with Gasteiger partial charge in [0.05, 0.1) is 12.4 Å². The van der Waals surface area contributed by atoms with Crippen LogP contribution in [0, 0.1) is 0 Å². The van der Waals surface area contributed by atoms with E-state index in [-0.39, 0.29) is 11.7 Å². The molecule has 6 nitrogen and oxygen atoms in total. The van der Waals surface area contributed by atoms with E-state index >= 15 is 0 Å². The topological polar surface area (TPSA) is 69.0 Å². The minimum Gasteiger partial charge on any atom is -0.383 e. The summed E-state index contributed by atoms with van der Waals surface area (Å²) < 4.78 is 7.20. The van der Waals surface area contributed by atoms with E-state index in [0.717, 1.165) is 11.4 Å². The highest BCUT2D eigenvalue weighted by atomic mass is 35.5. The summed E-state index contributed by atoms with van der Waals surface area (Å²) in [7, 11) is 1.65. The molecule has 0 saturated heterocycles. The van der Waals surface area contributed by atoms with Crippen LogP contribution in [0.3, 0.4) is 0 Å². The number of hydrogen-bond donors (Lipinski definition) is 1. The lowest BCUT2D eigenvalue weighted by Gasteiger charge is -2.10. The number of benzene rings is 2. The molecule has 3 aromatic rings. The zero-order chi connectivity index (χ0) is 20.6. The molecule has 1 N–H and O–H groups in total. The molecule has 0 spiro atoms. The summed E-state index contributed by atoms with van der Waals surface area (Å²) in [5.41, 5.74) is 1.70. The van der Waals surface area contributed by atoms with Gasteiger partial charge in [-0.3, -0.25) is 4.79 Å². The van der Waals surface area contributed by atoms with Crippen molar-refractivity contribution in [3.63, 3.8) is 0 Å². The largest absolute Gasteiger partial charge is 0.383 e. The van der Waals surface area contributed by atoms with Gasteiger partial charge in [0.2, 0.25) is 5.91 Å². The lowest BCUT2D eigenvalue weighted by Crippen LogP contribution is -2.15. The third-order valence-corrected chi connectivity index (χ3v) is 5.40. The SMILES string of the molecule is COCCn1c(Cc2ccccc2)nnc1SCC(=O)Nc1cc(Cl)cc(Cl)c1. The number of hydrogen-bond acceptors (Lipinski definition) is 5. The number of halogens is 2. The van der Waals surface area contributed by atoms with Crippen LogP contribution in [0.5, 0.6) is 0 Å². The van der Waals surface area contributed by atoms with E-state index in [2.05, 4.69) is 15.5 Å². The van der Waals surface area contributed by atoms with Gasteiger partial charge >= 0.3 is 0 Å². The summed E-state index contributed by atoms with van der Waals surface area (Å²) in [6.45, 7) is 1.14. The fourth-order valence-electron chi connectivity index (χ4n) is 2.70. The predicted molar refractivity (Wildman–Crippen MR) is 117 cm³/mol. The van der Waals surface area contributed by atoms with Crippen molar-refractivity contribution >= 4 is 46.6 Å². The number of carbonyl (C=O) groups is 1. The molecule has 1 amide bonds. The van der Waals surface area contributed by atoms with Gasteiger partial charge < -0.3 is 14.6 Å². The van der Waals surface area contributed by atoms with Crippen LogP contribution in [0.25, 0.3) is 0 Å². The Morgan fingerprint density at radius 1 is 1.14 bits per heavy atom. The molecule has 0 saturated carbocycles. The van der Waals surface area contributed by atoms with Crippen LogP contribution in [0.15, 0.2) is 53.7 Å². The number of rotatable bonds is 9. The predicted octanol–water partition coefficient (Wildman–Crippen LogP) is 4.55. The van der Waals surface area contributed by atoms with Crippen LogP contribution in [0.4, 0.5) is 5.69 Å². The first-order valence-electron chi connectivity index (χ1n) is 8.89. The smallest absolute Gasteiger partial charge is 0.234 e. The first-order valence-corrected chi connectivity index (χ1v) is 10.6. The second kappa shape index (κ2) is 10.6. The van der Waals surface area contributed by atoms with Crippen LogP contribution >= 0.6 is 35.0 Å². The van der Waals surface area contributed by atoms with Crippen LogP contribution in [-0.4, -0.2) is 40.1 Å².